The van der Waals surface area contributed by atoms with Crippen molar-refractivity contribution in [2.45, 2.75) is 18.6 Å². The number of thiocarbonyl (C=S) groups is 1. The number of rotatable bonds is 6. The van der Waals surface area contributed by atoms with Gasteiger partial charge in [0.05, 0.1) is 37.1 Å². The smallest absolute Gasteiger partial charge is 0.170 e. The third kappa shape index (κ3) is 3.83. The van der Waals surface area contributed by atoms with Gasteiger partial charge in [-0.2, -0.15) is 0 Å². The molecule has 6 nitrogen and oxygen atoms in total. The van der Waals surface area contributed by atoms with Crippen LogP contribution in [0.15, 0.2) is 91.4 Å². The highest BCUT2D eigenvalue weighted by atomic mass is 32.1. The monoisotopic (exact) mass is 441 g/mol. The molecule has 0 aliphatic carbocycles. The quantitative estimate of drug-likeness (QED) is 0.446. The fourth-order valence-electron chi connectivity index (χ4n) is 4.18. The number of benzene rings is 1. The maximum Gasteiger partial charge on any atom is 0.170 e. The zero-order valence-corrected chi connectivity index (χ0v) is 18.4. The SMILES string of the molecule is COc1ccc(-n2cccc2[C@H]2[C@H](c3ccccn3)NC(=S)N2Cc2ccccn2)cc1. The van der Waals surface area contributed by atoms with Crippen LogP contribution in [0.1, 0.15) is 29.2 Å². The molecule has 4 aromatic rings. The molecule has 0 radical (unpaired) electrons. The van der Waals surface area contributed by atoms with Crippen molar-refractivity contribution in [2.75, 3.05) is 7.11 Å². The summed E-state index contributed by atoms with van der Waals surface area (Å²) in [6, 6.07) is 24.0. The van der Waals surface area contributed by atoms with Crippen LogP contribution in [-0.2, 0) is 6.54 Å². The second kappa shape index (κ2) is 8.80. The number of aromatic nitrogens is 3. The maximum absolute atomic E-state index is 5.79. The van der Waals surface area contributed by atoms with E-state index in [2.05, 4.69) is 55.2 Å². The lowest BCUT2D eigenvalue weighted by Crippen LogP contribution is -2.30. The first-order valence-electron chi connectivity index (χ1n) is 10.4. The fraction of sp³-hybridized carbons (Fsp3) is 0.160. The molecular weight excluding hydrogens is 418 g/mol. The molecule has 160 valence electrons. The van der Waals surface area contributed by atoms with Gasteiger partial charge in [0, 0.05) is 30.0 Å². The van der Waals surface area contributed by atoms with Gasteiger partial charge in [-0.15, -0.1) is 0 Å². The van der Waals surface area contributed by atoms with Crippen LogP contribution in [-0.4, -0.2) is 31.7 Å². The summed E-state index contributed by atoms with van der Waals surface area (Å²) < 4.78 is 7.52. The minimum atomic E-state index is -0.0840. The summed E-state index contributed by atoms with van der Waals surface area (Å²) in [5.41, 5.74) is 4.09. The number of hydrogen-bond acceptors (Lipinski definition) is 4. The molecule has 0 amide bonds. The number of ether oxygens (including phenoxy) is 1. The van der Waals surface area contributed by atoms with Crippen LogP contribution < -0.4 is 10.1 Å². The molecule has 3 aromatic heterocycles. The van der Waals surface area contributed by atoms with Gasteiger partial charge in [0.2, 0.25) is 0 Å². The summed E-state index contributed by atoms with van der Waals surface area (Å²) in [5, 5.41) is 4.20. The van der Waals surface area contributed by atoms with E-state index in [1.165, 1.54) is 0 Å². The Labute approximate surface area is 192 Å². The first-order valence-corrected chi connectivity index (χ1v) is 10.8. The van der Waals surface area contributed by atoms with Crippen molar-refractivity contribution in [1.82, 2.24) is 24.8 Å². The summed E-state index contributed by atoms with van der Waals surface area (Å²) in [5.74, 6) is 0.828. The van der Waals surface area contributed by atoms with E-state index < -0.39 is 0 Å². The van der Waals surface area contributed by atoms with Crippen molar-refractivity contribution in [3.63, 3.8) is 0 Å². The van der Waals surface area contributed by atoms with E-state index in [0.717, 1.165) is 28.5 Å². The summed E-state index contributed by atoms with van der Waals surface area (Å²) in [7, 11) is 1.67. The molecule has 1 aliphatic heterocycles. The zero-order chi connectivity index (χ0) is 21.9. The summed E-state index contributed by atoms with van der Waals surface area (Å²) in [6.07, 6.45) is 5.71. The van der Waals surface area contributed by atoms with Gasteiger partial charge in [0.1, 0.15) is 5.75 Å². The average Bonchev–Trinajstić information content (AvgIpc) is 3.45. The number of nitrogens with zero attached hydrogens (tertiary/aromatic N) is 4. The Morgan fingerprint density at radius 1 is 0.938 bits per heavy atom. The molecule has 1 N–H and O–H groups in total. The molecule has 7 heteroatoms. The van der Waals surface area contributed by atoms with Crippen LogP contribution in [0.4, 0.5) is 0 Å². The van der Waals surface area contributed by atoms with Gasteiger partial charge in [-0.25, -0.2) is 0 Å². The van der Waals surface area contributed by atoms with E-state index in [1.54, 1.807) is 7.11 Å². The number of nitrogens with one attached hydrogen (secondary N) is 1. The number of hydrogen-bond donors (Lipinski definition) is 1. The molecule has 0 bridgehead atoms. The molecule has 0 spiro atoms. The minimum absolute atomic E-state index is 0.0588. The molecule has 1 fully saturated rings. The van der Waals surface area contributed by atoms with Gasteiger partial charge in [-0.3, -0.25) is 9.97 Å². The number of methoxy groups -OCH3 is 1. The van der Waals surface area contributed by atoms with Gasteiger partial charge in [0.15, 0.2) is 5.11 Å². The third-order valence-corrected chi connectivity index (χ3v) is 6.04. The molecule has 32 heavy (non-hydrogen) atoms. The molecule has 0 saturated carbocycles. The van der Waals surface area contributed by atoms with E-state index >= 15 is 0 Å². The van der Waals surface area contributed by atoms with E-state index in [4.69, 9.17) is 17.0 Å². The number of pyridine rings is 2. The molecule has 5 rings (SSSR count). The summed E-state index contributed by atoms with van der Waals surface area (Å²) >= 11 is 5.79. The van der Waals surface area contributed by atoms with Crippen LogP contribution >= 0.6 is 12.2 Å². The minimum Gasteiger partial charge on any atom is -0.497 e. The largest absolute Gasteiger partial charge is 0.497 e. The highest BCUT2D eigenvalue weighted by Crippen LogP contribution is 2.40. The van der Waals surface area contributed by atoms with Crippen molar-refractivity contribution in [3.05, 3.63) is 108 Å². The molecular formula is C25H23N5OS. The fourth-order valence-corrected chi connectivity index (χ4v) is 4.48. The van der Waals surface area contributed by atoms with Crippen molar-refractivity contribution in [1.29, 1.82) is 0 Å². The third-order valence-electron chi connectivity index (χ3n) is 5.69. The van der Waals surface area contributed by atoms with Gasteiger partial charge in [0.25, 0.3) is 0 Å². The highest BCUT2D eigenvalue weighted by Gasteiger charge is 2.41. The molecule has 1 aromatic carbocycles. The van der Waals surface area contributed by atoms with Crippen LogP contribution in [0.25, 0.3) is 5.69 Å². The van der Waals surface area contributed by atoms with Crippen LogP contribution in [0.3, 0.4) is 0 Å². The standard InChI is InChI=1S/C25H23N5OS/c1-31-20-12-10-19(11-13-20)29-16-6-9-22(29)24-23(21-8-3-5-15-27-21)28-25(32)30(24)17-18-7-2-4-14-26-18/h2-16,23-24H,17H2,1H3,(H,28,32)/t23-,24-/m0/s1. The van der Waals surface area contributed by atoms with E-state index in [9.17, 15) is 0 Å². The molecule has 1 saturated heterocycles. The van der Waals surface area contributed by atoms with Crippen molar-refractivity contribution < 1.29 is 4.74 Å². The Bertz CT molecular complexity index is 1190. The Balaban J connectivity index is 1.58. The first-order chi connectivity index (χ1) is 15.7. The Kier molecular flexibility index (Phi) is 5.56. The molecule has 0 unspecified atom stereocenters. The van der Waals surface area contributed by atoms with Crippen molar-refractivity contribution in [3.8, 4) is 11.4 Å². The van der Waals surface area contributed by atoms with Crippen molar-refractivity contribution in [2.24, 2.45) is 0 Å². The van der Waals surface area contributed by atoms with Gasteiger partial charge in [-0.05, 0) is 72.9 Å². The van der Waals surface area contributed by atoms with Gasteiger partial charge < -0.3 is 19.5 Å². The second-order valence-electron chi connectivity index (χ2n) is 7.58. The maximum atomic E-state index is 5.79. The lowest BCUT2D eigenvalue weighted by atomic mass is 10.0. The van der Waals surface area contributed by atoms with Crippen molar-refractivity contribution >= 4 is 17.3 Å². The molecule has 1 aliphatic rings. The van der Waals surface area contributed by atoms with Crippen LogP contribution in [0, 0.1) is 0 Å². The zero-order valence-electron chi connectivity index (χ0n) is 17.6. The predicted octanol–water partition coefficient (Wildman–Crippen LogP) is 4.45. The normalized spacial score (nSPS) is 17.9. The Morgan fingerprint density at radius 3 is 2.41 bits per heavy atom. The highest BCUT2D eigenvalue weighted by molar-refractivity contribution is 7.80. The second-order valence-corrected chi connectivity index (χ2v) is 7.96. The topological polar surface area (TPSA) is 55.2 Å². The molecule has 4 heterocycles. The van der Waals surface area contributed by atoms with Gasteiger partial charge in [-0.1, -0.05) is 12.1 Å². The van der Waals surface area contributed by atoms with Crippen LogP contribution in [0.5, 0.6) is 5.75 Å². The van der Waals surface area contributed by atoms with E-state index in [0.29, 0.717) is 11.7 Å². The predicted molar refractivity (Wildman–Crippen MR) is 128 cm³/mol. The first kappa shape index (κ1) is 20.2. The lowest BCUT2D eigenvalue weighted by Gasteiger charge is -2.28. The van der Waals surface area contributed by atoms with Crippen LogP contribution in [0.2, 0.25) is 0 Å². The van der Waals surface area contributed by atoms with Gasteiger partial charge >= 0.3 is 0 Å². The lowest BCUT2D eigenvalue weighted by molar-refractivity contribution is 0.299. The Hall–Kier alpha value is -3.71. The summed E-state index contributed by atoms with van der Waals surface area (Å²) in [6.45, 7) is 0.606. The van der Waals surface area contributed by atoms with E-state index in [1.807, 2.05) is 60.9 Å². The average molecular weight is 442 g/mol. The Morgan fingerprint density at radius 2 is 1.72 bits per heavy atom. The van der Waals surface area contributed by atoms with E-state index in [-0.39, 0.29) is 12.1 Å². The summed E-state index contributed by atoms with van der Waals surface area (Å²) in [4.78, 5) is 11.4. The molecule has 2 atom stereocenters.